The molecule has 0 aliphatic carbocycles. The summed E-state index contributed by atoms with van der Waals surface area (Å²) in [6.45, 7) is 0.437. The van der Waals surface area contributed by atoms with Crippen LogP contribution in [0.3, 0.4) is 0 Å². The van der Waals surface area contributed by atoms with Crippen LogP contribution in [0.15, 0.2) is 133 Å². The predicted octanol–water partition coefficient (Wildman–Crippen LogP) is 8.73. The minimum Gasteiger partial charge on any atom is -0.488 e. The first kappa shape index (κ1) is 23.1. The van der Waals surface area contributed by atoms with Gasteiger partial charge in [0.1, 0.15) is 35.0 Å². The zero-order valence-electron chi connectivity index (χ0n) is 19.7. The number of furan rings is 1. The zero-order chi connectivity index (χ0) is 25.2. The van der Waals surface area contributed by atoms with Gasteiger partial charge in [-0.1, -0.05) is 94.8 Å². The van der Waals surface area contributed by atoms with Crippen LogP contribution in [0.2, 0.25) is 0 Å². The normalized spacial score (nSPS) is 11.1. The molecule has 0 aliphatic heterocycles. The SMILES string of the molecule is O=c1oc2ccc(Br)cc2cc1-c1cc(-c2ccccc2OCc2ccccc2)c(-c2ccccc2)o1. The highest BCUT2D eigenvalue weighted by Gasteiger charge is 2.21. The first-order chi connectivity index (χ1) is 18.2. The largest absolute Gasteiger partial charge is 0.488 e. The predicted molar refractivity (Wildman–Crippen MR) is 150 cm³/mol. The van der Waals surface area contributed by atoms with Crippen LogP contribution in [-0.4, -0.2) is 0 Å². The van der Waals surface area contributed by atoms with Crippen molar-refractivity contribution in [2.24, 2.45) is 0 Å². The lowest BCUT2D eigenvalue weighted by Crippen LogP contribution is -2.01. The van der Waals surface area contributed by atoms with E-state index in [2.05, 4.69) is 15.9 Å². The van der Waals surface area contributed by atoms with Crippen molar-refractivity contribution in [2.45, 2.75) is 6.61 Å². The van der Waals surface area contributed by atoms with Gasteiger partial charge in [-0.05, 0) is 42.0 Å². The zero-order valence-corrected chi connectivity index (χ0v) is 21.3. The number of para-hydroxylation sites is 1. The van der Waals surface area contributed by atoms with E-state index in [4.69, 9.17) is 13.6 Å². The molecule has 0 unspecified atom stereocenters. The molecule has 2 heterocycles. The molecule has 2 aromatic heterocycles. The van der Waals surface area contributed by atoms with E-state index < -0.39 is 5.63 Å². The van der Waals surface area contributed by atoms with Crippen LogP contribution in [0.4, 0.5) is 0 Å². The van der Waals surface area contributed by atoms with E-state index in [1.165, 1.54) is 0 Å². The Morgan fingerprint density at radius 3 is 2.22 bits per heavy atom. The number of hydrogen-bond donors (Lipinski definition) is 0. The van der Waals surface area contributed by atoms with Crippen molar-refractivity contribution >= 4 is 26.9 Å². The summed E-state index contributed by atoms with van der Waals surface area (Å²) in [5.74, 6) is 1.81. The summed E-state index contributed by atoms with van der Waals surface area (Å²) in [5, 5.41) is 0.801. The van der Waals surface area contributed by atoms with Crippen LogP contribution < -0.4 is 10.4 Å². The molecule has 0 spiro atoms. The van der Waals surface area contributed by atoms with Crippen molar-refractivity contribution in [3.05, 3.63) is 136 Å². The number of benzene rings is 4. The Morgan fingerprint density at radius 1 is 0.676 bits per heavy atom. The molecule has 0 radical (unpaired) electrons. The van der Waals surface area contributed by atoms with Crippen LogP contribution in [-0.2, 0) is 6.61 Å². The molecule has 0 atom stereocenters. The molecule has 4 nitrogen and oxygen atoms in total. The number of ether oxygens (including phenoxy) is 1. The van der Waals surface area contributed by atoms with Gasteiger partial charge >= 0.3 is 5.63 Å². The van der Waals surface area contributed by atoms with Gasteiger partial charge in [-0.25, -0.2) is 4.79 Å². The number of rotatable bonds is 6. The van der Waals surface area contributed by atoms with Gasteiger partial charge in [-0.15, -0.1) is 0 Å². The van der Waals surface area contributed by atoms with Gasteiger partial charge in [0.05, 0.1) is 0 Å². The number of halogens is 1. The fraction of sp³-hybridized carbons (Fsp3) is 0.0312. The molecule has 0 N–H and O–H groups in total. The molecule has 0 fully saturated rings. The third-order valence-corrected chi connectivity index (χ3v) is 6.64. The summed E-state index contributed by atoms with van der Waals surface area (Å²) in [4.78, 5) is 13.0. The van der Waals surface area contributed by atoms with E-state index >= 15 is 0 Å². The summed E-state index contributed by atoms with van der Waals surface area (Å²) >= 11 is 3.49. The summed E-state index contributed by atoms with van der Waals surface area (Å²) < 4.78 is 19.2. The van der Waals surface area contributed by atoms with Crippen molar-refractivity contribution in [3.63, 3.8) is 0 Å². The van der Waals surface area contributed by atoms with E-state index in [0.717, 1.165) is 37.9 Å². The number of fused-ring (bicyclic) bond motifs is 1. The maximum atomic E-state index is 13.0. The molecule has 0 saturated heterocycles. The minimum atomic E-state index is -0.455. The summed E-state index contributed by atoms with van der Waals surface area (Å²) in [6.07, 6.45) is 0. The van der Waals surface area contributed by atoms with Gasteiger partial charge in [-0.3, -0.25) is 0 Å². The first-order valence-corrected chi connectivity index (χ1v) is 12.6. The summed E-state index contributed by atoms with van der Waals surface area (Å²) in [6, 6.07) is 37.0. The monoisotopic (exact) mass is 548 g/mol. The van der Waals surface area contributed by atoms with Crippen LogP contribution in [0.1, 0.15) is 5.56 Å². The van der Waals surface area contributed by atoms with Crippen LogP contribution >= 0.6 is 15.9 Å². The molecular formula is C32H21BrO4. The maximum Gasteiger partial charge on any atom is 0.347 e. The fourth-order valence-electron chi connectivity index (χ4n) is 4.34. The second-order valence-electron chi connectivity index (χ2n) is 8.62. The molecular weight excluding hydrogens is 528 g/mol. The smallest absolute Gasteiger partial charge is 0.347 e. The maximum absolute atomic E-state index is 13.0. The molecule has 0 amide bonds. The van der Waals surface area contributed by atoms with Gasteiger partial charge < -0.3 is 13.6 Å². The second kappa shape index (κ2) is 9.96. The van der Waals surface area contributed by atoms with Crippen molar-refractivity contribution < 1.29 is 13.6 Å². The fourth-order valence-corrected chi connectivity index (χ4v) is 4.72. The summed E-state index contributed by atoms with van der Waals surface area (Å²) in [5.41, 5.74) is 4.11. The average Bonchev–Trinajstić information content (AvgIpc) is 3.38. The molecule has 6 aromatic rings. The second-order valence-corrected chi connectivity index (χ2v) is 9.54. The van der Waals surface area contributed by atoms with Crippen LogP contribution in [0.25, 0.3) is 44.7 Å². The van der Waals surface area contributed by atoms with Gasteiger partial charge in [-0.2, -0.15) is 0 Å². The van der Waals surface area contributed by atoms with E-state index in [9.17, 15) is 4.79 Å². The van der Waals surface area contributed by atoms with Crippen molar-refractivity contribution in [1.29, 1.82) is 0 Å². The van der Waals surface area contributed by atoms with Crippen LogP contribution in [0, 0.1) is 0 Å². The highest BCUT2D eigenvalue weighted by Crippen LogP contribution is 2.42. The molecule has 0 bridgehead atoms. The van der Waals surface area contributed by atoms with Crippen molar-refractivity contribution in [2.75, 3.05) is 0 Å². The van der Waals surface area contributed by atoms with Gasteiger partial charge in [0.2, 0.25) is 0 Å². The van der Waals surface area contributed by atoms with Crippen molar-refractivity contribution in [3.8, 4) is 39.5 Å². The average molecular weight is 549 g/mol. The highest BCUT2D eigenvalue weighted by atomic mass is 79.9. The lowest BCUT2D eigenvalue weighted by atomic mass is 10.0. The third-order valence-electron chi connectivity index (χ3n) is 6.14. The molecule has 5 heteroatoms. The topological polar surface area (TPSA) is 52.6 Å². The Kier molecular flexibility index (Phi) is 6.21. The lowest BCUT2D eigenvalue weighted by Gasteiger charge is -2.12. The van der Waals surface area contributed by atoms with E-state index in [-0.39, 0.29) is 0 Å². The molecule has 0 saturated carbocycles. The molecule has 6 rings (SSSR count). The lowest BCUT2D eigenvalue weighted by molar-refractivity contribution is 0.307. The quantitative estimate of drug-likeness (QED) is 0.195. The van der Waals surface area contributed by atoms with Gasteiger partial charge in [0.25, 0.3) is 0 Å². The highest BCUT2D eigenvalue weighted by molar-refractivity contribution is 9.10. The molecule has 4 aromatic carbocycles. The van der Waals surface area contributed by atoms with Crippen LogP contribution in [0.5, 0.6) is 5.75 Å². The third kappa shape index (κ3) is 4.74. The van der Waals surface area contributed by atoms with Gasteiger partial charge in [0, 0.05) is 26.5 Å². The standard InChI is InChI=1S/C32H21BrO4/c33-24-15-16-28-23(17-24)18-27(32(34)37-28)30-19-26(31(36-30)22-11-5-2-6-12-22)25-13-7-8-14-29(25)35-20-21-9-3-1-4-10-21/h1-19H,20H2. The Hall–Kier alpha value is -4.35. The minimum absolute atomic E-state index is 0.358. The Morgan fingerprint density at radius 2 is 1.41 bits per heavy atom. The Labute approximate surface area is 221 Å². The first-order valence-electron chi connectivity index (χ1n) is 11.8. The van der Waals surface area contributed by atoms with E-state index in [1.807, 2.05) is 103 Å². The van der Waals surface area contributed by atoms with E-state index in [1.54, 1.807) is 12.1 Å². The molecule has 37 heavy (non-hydrogen) atoms. The van der Waals surface area contributed by atoms with E-state index in [0.29, 0.717) is 29.3 Å². The molecule has 0 aliphatic rings. The molecule has 180 valence electrons. The summed E-state index contributed by atoms with van der Waals surface area (Å²) in [7, 11) is 0. The Bertz CT molecular complexity index is 1750. The van der Waals surface area contributed by atoms with Crippen molar-refractivity contribution in [1.82, 2.24) is 0 Å². The Balaban J connectivity index is 1.49. The number of hydrogen-bond acceptors (Lipinski definition) is 4. The van der Waals surface area contributed by atoms with Gasteiger partial charge in [0.15, 0.2) is 0 Å².